The SMILES string of the molecule is Cc1ccc(CC(C)C(=O)O)cc1C. The van der Waals surface area contributed by atoms with E-state index in [1.165, 1.54) is 11.1 Å². The van der Waals surface area contributed by atoms with Crippen LogP contribution in [0.25, 0.3) is 0 Å². The zero-order valence-electron chi connectivity index (χ0n) is 8.87. The van der Waals surface area contributed by atoms with Gasteiger partial charge in [0, 0.05) is 0 Å². The summed E-state index contributed by atoms with van der Waals surface area (Å²) in [6, 6.07) is 6.11. The molecule has 14 heavy (non-hydrogen) atoms. The van der Waals surface area contributed by atoms with Crippen LogP contribution in [0.5, 0.6) is 0 Å². The van der Waals surface area contributed by atoms with E-state index >= 15 is 0 Å². The van der Waals surface area contributed by atoms with Gasteiger partial charge in [-0.2, -0.15) is 0 Å². The number of carboxylic acids is 1. The Morgan fingerprint density at radius 1 is 1.36 bits per heavy atom. The van der Waals surface area contributed by atoms with Crippen LogP contribution >= 0.6 is 0 Å². The maximum Gasteiger partial charge on any atom is 0.306 e. The summed E-state index contributed by atoms with van der Waals surface area (Å²) in [5.74, 6) is -1.04. The quantitative estimate of drug-likeness (QED) is 0.799. The van der Waals surface area contributed by atoms with E-state index < -0.39 is 5.97 Å². The van der Waals surface area contributed by atoms with E-state index in [-0.39, 0.29) is 5.92 Å². The van der Waals surface area contributed by atoms with Crippen molar-refractivity contribution < 1.29 is 9.90 Å². The maximum absolute atomic E-state index is 10.7. The fourth-order valence-electron chi connectivity index (χ4n) is 1.37. The van der Waals surface area contributed by atoms with Crippen LogP contribution in [-0.4, -0.2) is 11.1 Å². The molecule has 1 atom stereocenters. The molecule has 2 heteroatoms. The van der Waals surface area contributed by atoms with Crippen LogP contribution in [0.3, 0.4) is 0 Å². The molecule has 0 saturated heterocycles. The standard InChI is InChI=1S/C12H16O2/c1-8-4-5-11(6-9(8)2)7-10(3)12(13)14/h4-6,10H,7H2,1-3H3,(H,13,14). The summed E-state index contributed by atoms with van der Waals surface area (Å²) >= 11 is 0. The molecule has 1 unspecified atom stereocenters. The molecule has 76 valence electrons. The number of rotatable bonds is 3. The van der Waals surface area contributed by atoms with Gasteiger partial charge in [-0.25, -0.2) is 0 Å². The number of carbonyl (C=O) groups is 1. The molecular weight excluding hydrogens is 176 g/mol. The number of carboxylic acid groups (broad SMARTS) is 1. The van der Waals surface area contributed by atoms with E-state index in [0.29, 0.717) is 6.42 Å². The first-order chi connectivity index (χ1) is 6.50. The molecule has 0 heterocycles. The van der Waals surface area contributed by atoms with Crippen LogP contribution in [0.2, 0.25) is 0 Å². The molecule has 0 amide bonds. The van der Waals surface area contributed by atoms with Crippen molar-refractivity contribution >= 4 is 5.97 Å². The molecule has 0 aliphatic rings. The first kappa shape index (κ1) is 10.8. The summed E-state index contributed by atoms with van der Waals surface area (Å²) in [7, 11) is 0. The minimum absolute atomic E-state index is 0.308. The van der Waals surface area contributed by atoms with Gasteiger partial charge in [0.05, 0.1) is 5.92 Å². The van der Waals surface area contributed by atoms with E-state index in [0.717, 1.165) is 5.56 Å². The molecule has 0 bridgehead atoms. The second-order valence-corrected chi connectivity index (χ2v) is 3.86. The lowest BCUT2D eigenvalue weighted by Crippen LogP contribution is -2.12. The van der Waals surface area contributed by atoms with Crippen LogP contribution < -0.4 is 0 Å². The van der Waals surface area contributed by atoms with E-state index in [1.54, 1.807) is 6.92 Å². The molecule has 1 aromatic carbocycles. The van der Waals surface area contributed by atoms with Gasteiger partial charge in [0.1, 0.15) is 0 Å². The Kier molecular flexibility index (Phi) is 3.28. The van der Waals surface area contributed by atoms with Crippen molar-refractivity contribution in [3.8, 4) is 0 Å². The Labute approximate surface area is 84.6 Å². The van der Waals surface area contributed by atoms with Crippen molar-refractivity contribution in [2.75, 3.05) is 0 Å². The Hall–Kier alpha value is -1.31. The van der Waals surface area contributed by atoms with Crippen LogP contribution in [-0.2, 0) is 11.2 Å². The number of hydrogen-bond donors (Lipinski definition) is 1. The number of aliphatic carboxylic acids is 1. The number of benzene rings is 1. The highest BCUT2D eigenvalue weighted by molar-refractivity contribution is 5.69. The summed E-state index contributed by atoms with van der Waals surface area (Å²) in [6.45, 7) is 5.83. The monoisotopic (exact) mass is 192 g/mol. The zero-order valence-corrected chi connectivity index (χ0v) is 8.87. The van der Waals surface area contributed by atoms with Gasteiger partial charge < -0.3 is 5.11 Å². The molecule has 0 aliphatic carbocycles. The molecule has 2 nitrogen and oxygen atoms in total. The largest absolute Gasteiger partial charge is 0.481 e. The van der Waals surface area contributed by atoms with Crippen LogP contribution in [0, 0.1) is 19.8 Å². The van der Waals surface area contributed by atoms with Gasteiger partial charge in [0.2, 0.25) is 0 Å². The van der Waals surface area contributed by atoms with E-state index in [2.05, 4.69) is 13.0 Å². The smallest absolute Gasteiger partial charge is 0.306 e. The first-order valence-corrected chi connectivity index (χ1v) is 4.79. The molecule has 0 saturated carbocycles. The Morgan fingerprint density at radius 2 is 2.00 bits per heavy atom. The predicted molar refractivity (Wildman–Crippen MR) is 56.4 cm³/mol. The van der Waals surface area contributed by atoms with Gasteiger partial charge in [-0.05, 0) is 37.0 Å². The van der Waals surface area contributed by atoms with Gasteiger partial charge in [-0.3, -0.25) is 4.79 Å². The van der Waals surface area contributed by atoms with E-state index in [4.69, 9.17) is 5.11 Å². The Morgan fingerprint density at radius 3 is 2.50 bits per heavy atom. The molecule has 0 radical (unpaired) electrons. The highest BCUT2D eigenvalue weighted by Gasteiger charge is 2.11. The Balaban J connectivity index is 2.78. The molecule has 1 aromatic rings. The van der Waals surface area contributed by atoms with Crippen molar-refractivity contribution in [2.45, 2.75) is 27.2 Å². The first-order valence-electron chi connectivity index (χ1n) is 4.79. The summed E-state index contributed by atoms with van der Waals surface area (Å²) in [5, 5.41) is 8.77. The van der Waals surface area contributed by atoms with Crippen molar-refractivity contribution in [1.29, 1.82) is 0 Å². The molecule has 1 N–H and O–H groups in total. The average Bonchev–Trinajstić information content (AvgIpc) is 2.11. The zero-order chi connectivity index (χ0) is 10.7. The highest BCUT2D eigenvalue weighted by Crippen LogP contribution is 2.13. The third kappa shape index (κ3) is 2.59. The highest BCUT2D eigenvalue weighted by atomic mass is 16.4. The van der Waals surface area contributed by atoms with Crippen LogP contribution in [0.15, 0.2) is 18.2 Å². The Bertz CT molecular complexity index is 342. The van der Waals surface area contributed by atoms with Crippen molar-refractivity contribution in [3.05, 3.63) is 34.9 Å². The molecule has 0 fully saturated rings. The van der Waals surface area contributed by atoms with Gasteiger partial charge >= 0.3 is 5.97 Å². The van der Waals surface area contributed by atoms with Gasteiger partial charge in [0.15, 0.2) is 0 Å². The number of hydrogen-bond acceptors (Lipinski definition) is 1. The van der Waals surface area contributed by atoms with Crippen molar-refractivity contribution in [2.24, 2.45) is 5.92 Å². The molecular formula is C12H16O2. The minimum atomic E-state index is -0.733. The summed E-state index contributed by atoms with van der Waals surface area (Å²) < 4.78 is 0. The second-order valence-electron chi connectivity index (χ2n) is 3.86. The fourth-order valence-corrected chi connectivity index (χ4v) is 1.37. The molecule has 0 aliphatic heterocycles. The van der Waals surface area contributed by atoms with Crippen LogP contribution in [0.4, 0.5) is 0 Å². The second kappa shape index (κ2) is 4.27. The van der Waals surface area contributed by atoms with Gasteiger partial charge in [-0.15, -0.1) is 0 Å². The van der Waals surface area contributed by atoms with Gasteiger partial charge in [-0.1, -0.05) is 25.1 Å². The summed E-state index contributed by atoms with van der Waals surface area (Å²) in [4.78, 5) is 10.7. The maximum atomic E-state index is 10.7. The lowest BCUT2D eigenvalue weighted by atomic mass is 9.98. The fraction of sp³-hybridized carbons (Fsp3) is 0.417. The lowest BCUT2D eigenvalue weighted by molar-refractivity contribution is -0.141. The van der Waals surface area contributed by atoms with E-state index in [9.17, 15) is 4.79 Å². The topological polar surface area (TPSA) is 37.3 Å². The number of aryl methyl sites for hydroxylation is 2. The van der Waals surface area contributed by atoms with Gasteiger partial charge in [0.25, 0.3) is 0 Å². The predicted octanol–water partition coefficient (Wildman–Crippen LogP) is 2.57. The molecule has 0 aromatic heterocycles. The minimum Gasteiger partial charge on any atom is -0.481 e. The third-order valence-corrected chi connectivity index (χ3v) is 2.53. The molecule has 1 rings (SSSR count). The third-order valence-electron chi connectivity index (χ3n) is 2.53. The summed E-state index contributed by atoms with van der Waals surface area (Å²) in [5.41, 5.74) is 3.57. The average molecular weight is 192 g/mol. The lowest BCUT2D eigenvalue weighted by Gasteiger charge is -2.08. The molecule has 0 spiro atoms. The van der Waals surface area contributed by atoms with E-state index in [1.807, 2.05) is 19.1 Å². The summed E-state index contributed by atoms with van der Waals surface area (Å²) in [6.07, 6.45) is 0.608. The van der Waals surface area contributed by atoms with Crippen LogP contribution in [0.1, 0.15) is 23.6 Å². The normalized spacial score (nSPS) is 12.5. The van der Waals surface area contributed by atoms with Crippen molar-refractivity contribution in [3.63, 3.8) is 0 Å². The van der Waals surface area contributed by atoms with Crippen molar-refractivity contribution in [1.82, 2.24) is 0 Å².